The van der Waals surface area contributed by atoms with Gasteiger partial charge < -0.3 is 19.9 Å². The van der Waals surface area contributed by atoms with Crippen molar-refractivity contribution in [1.82, 2.24) is 14.5 Å². The number of piperidine rings is 1. The molecule has 4 rings (SSSR count). The van der Waals surface area contributed by atoms with Crippen molar-refractivity contribution in [1.29, 1.82) is 0 Å². The zero-order chi connectivity index (χ0) is 21.1. The van der Waals surface area contributed by atoms with Crippen LogP contribution in [0.5, 0.6) is 0 Å². The summed E-state index contributed by atoms with van der Waals surface area (Å²) in [6.07, 6.45) is 6.38. The van der Waals surface area contributed by atoms with E-state index in [9.17, 15) is 9.90 Å². The maximum atomic E-state index is 12.4. The largest absolute Gasteiger partial charge is 0.385 e. The molecule has 7 heteroatoms. The van der Waals surface area contributed by atoms with Gasteiger partial charge in [-0.15, -0.1) is 0 Å². The number of carbonyl (C=O) groups excluding carboxylic acids is 1. The molecule has 0 radical (unpaired) electrons. The molecule has 3 heterocycles. The maximum Gasteiger partial charge on any atom is 0.257 e. The van der Waals surface area contributed by atoms with Crippen LogP contribution in [0.1, 0.15) is 40.7 Å². The summed E-state index contributed by atoms with van der Waals surface area (Å²) in [5.74, 6) is 1.58. The number of benzene rings is 1. The van der Waals surface area contributed by atoms with E-state index in [1.807, 2.05) is 55.1 Å². The molecular formula is C23H27N5O2. The number of hydrogen-bond donors (Lipinski definition) is 2. The molecule has 1 amide bonds. The molecule has 1 unspecified atom stereocenters. The summed E-state index contributed by atoms with van der Waals surface area (Å²) < 4.78 is 1.87. The van der Waals surface area contributed by atoms with Crippen molar-refractivity contribution in [2.75, 3.05) is 23.3 Å². The molecule has 1 aliphatic heterocycles. The van der Waals surface area contributed by atoms with Gasteiger partial charge in [-0.1, -0.05) is 17.7 Å². The third-order valence-corrected chi connectivity index (χ3v) is 5.75. The third-order valence-electron chi connectivity index (χ3n) is 5.75. The Morgan fingerprint density at radius 2 is 1.87 bits per heavy atom. The smallest absolute Gasteiger partial charge is 0.257 e. The molecule has 1 atom stereocenters. The van der Waals surface area contributed by atoms with Gasteiger partial charge in [0.25, 0.3) is 5.91 Å². The van der Waals surface area contributed by atoms with E-state index in [0.717, 1.165) is 48.8 Å². The second-order valence-electron chi connectivity index (χ2n) is 7.89. The SMILES string of the molecule is Cc1ccc(NC(=O)c2ccc(N3CCC(C(O)c4nccn4C)CC3)nc2)cc1. The van der Waals surface area contributed by atoms with Crippen LogP contribution in [-0.2, 0) is 7.05 Å². The molecule has 3 aromatic rings. The fourth-order valence-electron chi connectivity index (χ4n) is 3.86. The molecule has 156 valence electrons. The van der Waals surface area contributed by atoms with Crippen molar-refractivity contribution in [3.8, 4) is 0 Å². The lowest BCUT2D eigenvalue weighted by Gasteiger charge is -2.34. The Balaban J connectivity index is 1.34. The number of pyridine rings is 1. The molecule has 0 aliphatic carbocycles. The molecule has 2 aromatic heterocycles. The molecule has 0 spiro atoms. The van der Waals surface area contributed by atoms with Crippen LogP contribution >= 0.6 is 0 Å². The van der Waals surface area contributed by atoms with E-state index in [1.54, 1.807) is 18.5 Å². The summed E-state index contributed by atoms with van der Waals surface area (Å²) in [5, 5.41) is 13.5. The Kier molecular flexibility index (Phi) is 5.81. The number of anilines is 2. The monoisotopic (exact) mass is 405 g/mol. The quantitative estimate of drug-likeness (QED) is 0.680. The fraction of sp³-hybridized carbons (Fsp3) is 0.348. The standard InChI is InChI=1S/C23H27N5O2/c1-16-3-6-19(7-4-16)26-23(30)18-5-8-20(25-15-18)28-12-9-17(10-13-28)21(29)22-24-11-14-27(22)2/h3-8,11,14-15,17,21,29H,9-10,12-13H2,1-2H3,(H,26,30). The summed E-state index contributed by atoms with van der Waals surface area (Å²) in [5.41, 5.74) is 2.44. The highest BCUT2D eigenvalue weighted by atomic mass is 16.3. The number of imidazole rings is 1. The van der Waals surface area contributed by atoms with Crippen molar-refractivity contribution in [3.63, 3.8) is 0 Å². The Labute approximate surface area is 176 Å². The van der Waals surface area contributed by atoms with Gasteiger partial charge in [0, 0.05) is 44.4 Å². The van der Waals surface area contributed by atoms with E-state index in [2.05, 4.69) is 20.2 Å². The first kappa shape index (κ1) is 20.1. The Morgan fingerprint density at radius 3 is 2.47 bits per heavy atom. The van der Waals surface area contributed by atoms with Crippen molar-refractivity contribution in [3.05, 3.63) is 71.9 Å². The van der Waals surface area contributed by atoms with Crippen LogP contribution < -0.4 is 10.2 Å². The average molecular weight is 406 g/mol. The topological polar surface area (TPSA) is 83.3 Å². The summed E-state index contributed by atoms with van der Waals surface area (Å²) in [4.78, 5) is 23.4. The van der Waals surface area contributed by atoms with Crippen LogP contribution in [-0.4, -0.2) is 38.6 Å². The van der Waals surface area contributed by atoms with Crippen molar-refractivity contribution >= 4 is 17.4 Å². The summed E-state index contributed by atoms with van der Waals surface area (Å²) in [7, 11) is 1.90. The zero-order valence-electron chi connectivity index (χ0n) is 17.3. The molecule has 1 fully saturated rings. The molecule has 2 N–H and O–H groups in total. The van der Waals surface area contributed by atoms with Crippen molar-refractivity contribution in [2.24, 2.45) is 13.0 Å². The lowest BCUT2D eigenvalue weighted by Crippen LogP contribution is -2.36. The summed E-state index contributed by atoms with van der Waals surface area (Å²) in [6, 6.07) is 11.4. The lowest BCUT2D eigenvalue weighted by molar-refractivity contribution is 0.0824. The zero-order valence-corrected chi connectivity index (χ0v) is 17.3. The van der Waals surface area contributed by atoms with Crippen LogP contribution in [0.25, 0.3) is 0 Å². The van der Waals surface area contributed by atoms with Gasteiger partial charge in [0.2, 0.25) is 0 Å². The minimum Gasteiger partial charge on any atom is -0.385 e. The second-order valence-corrected chi connectivity index (χ2v) is 7.89. The van der Waals surface area contributed by atoms with Crippen LogP contribution in [0.2, 0.25) is 0 Å². The molecule has 1 aromatic carbocycles. The molecular weight excluding hydrogens is 378 g/mol. The van der Waals surface area contributed by atoms with Gasteiger partial charge in [0.15, 0.2) is 0 Å². The highest BCUT2D eigenvalue weighted by molar-refractivity contribution is 6.04. The van der Waals surface area contributed by atoms with Crippen LogP contribution in [0.15, 0.2) is 55.0 Å². The second kappa shape index (κ2) is 8.67. The fourth-order valence-corrected chi connectivity index (χ4v) is 3.86. The molecule has 0 bridgehead atoms. The normalized spacial score (nSPS) is 15.8. The van der Waals surface area contributed by atoms with Gasteiger partial charge >= 0.3 is 0 Å². The first-order valence-corrected chi connectivity index (χ1v) is 10.3. The van der Waals surface area contributed by atoms with Gasteiger partial charge in [-0.25, -0.2) is 9.97 Å². The number of nitrogens with zero attached hydrogens (tertiary/aromatic N) is 4. The van der Waals surface area contributed by atoms with E-state index in [0.29, 0.717) is 5.56 Å². The number of aromatic nitrogens is 3. The number of hydrogen-bond acceptors (Lipinski definition) is 5. The maximum absolute atomic E-state index is 12.4. The number of aliphatic hydroxyl groups excluding tert-OH is 1. The van der Waals surface area contributed by atoms with Crippen LogP contribution in [0, 0.1) is 12.8 Å². The molecule has 1 saturated heterocycles. The summed E-state index contributed by atoms with van der Waals surface area (Å²) in [6.45, 7) is 3.64. The highest BCUT2D eigenvalue weighted by Gasteiger charge is 2.28. The van der Waals surface area contributed by atoms with Gasteiger partial charge in [0.1, 0.15) is 17.7 Å². The number of amides is 1. The Hall–Kier alpha value is -3.19. The van der Waals surface area contributed by atoms with Gasteiger partial charge in [-0.2, -0.15) is 0 Å². The van der Waals surface area contributed by atoms with Crippen molar-refractivity contribution < 1.29 is 9.90 Å². The molecule has 7 nitrogen and oxygen atoms in total. The minimum atomic E-state index is -0.548. The number of nitrogens with one attached hydrogen (secondary N) is 1. The third kappa shape index (κ3) is 4.36. The minimum absolute atomic E-state index is 0.171. The van der Waals surface area contributed by atoms with E-state index in [-0.39, 0.29) is 11.8 Å². The number of aryl methyl sites for hydroxylation is 2. The Bertz CT molecular complexity index is 989. The van der Waals surface area contributed by atoms with Crippen LogP contribution in [0.4, 0.5) is 11.5 Å². The number of rotatable bonds is 5. The highest BCUT2D eigenvalue weighted by Crippen LogP contribution is 2.31. The molecule has 1 aliphatic rings. The van der Waals surface area contributed by atoms with Crippen LogP contribution in [0.3, 0.4) is 0 Å². The van der Waals surface area contributed by atoms with E-state index in [4.69, 9.17) is 0 Å². The Morgan fingerprint density at radius 1 is 1.13 bits per heavy atom. The van der Waals surface area contributed by atoms with Gasteiger partial charge in [-0.05, 0) is 49.9 Å². The first-order valence-electron chi connectivity index (χ1n) is 10.3. The number of aliphatic hydroxyl groups is 1. The molecule has 30 heavy (non-hydrogen) atoms. The predicted molar refractivity (Wildman–Crippen MR) is 116 cm³/mol. The first-order chi connectivity index (χ1) is 14.5. The van der Waals surface area contributed by atoms with Gasteiger partial charge in [0.05, 0.1) is 5.56 Å². The average Bonchev–Trinajstić information content (AvgIpc) is 3.21. The molecule has 0 saturated carbocycles. The van der Waals surface area contributed by atoms with E-state index >= 15 is 0 Å². The number of carbonyl (C=O) groups is 1. The summed E-state index contributed by atoms with van der Waals surface area (Å²) >= 11 is 0. The van der Waals surface area contributed by atoms with E-state index < -0.39 is 6.10 Å². The lowest BCUT2D eigenvalue weighted by atomic mass is 9.90. The predicted octanol–water partition coefficient (Wildman–Crippen LogP) is 3.33. The van der Waals surface area contributed by atoms with Gasteiger partial charge in [-0.3, -0.25) is 4.79 Å². The van der Waals surface area contributed by atoms with Crippen molar-refractivity contribution in [2.45, 2.75) is 25.9 Å². The van der Waals surface area contributed by atoms with E-state index in [1.165, 1.54) is 0 Å².